The van der Waals surface area contributed by atoms with Crippen LogP contribution in [0.2, 0.25) is 0 Å². The van der Waals surface area contributed by atoms with E-state index in [0.717, 1.165) is 0 Å². The van der Waals surface area contributed by atoms with Crippen molar-refractivity contribution < 1.29 is 9.72 Å². The summed E-state index contributed by atoms with van der Waals surface area (Å²) in [6.45, 7) is 1.93. The van der Waals surface area contributed by atoms with Crippen molar-refractivity contribution in [3.8, 4) is 6.07 Å². The van der Waals surface area contributed by atoms with Gasteiger partial charge in [-0.15, -0.1) is 0 Å². The number of rotatable bonds is 5. The molecule has 0 saturated heterocycles. The maximum absolute atomic E-state index is 11.4. The lowest BCUT2D eigenvalue weighted by Crippen LogP contribution is -2.25. The van der Waals surface area contributed by atoms with Gasteiger partial charge in [0.25, 0.3) is 5.69 Å². The molecule has 0 fully saturated rings. The molecule has 0 spiro atoms. The van der Waals surface area contributed by atoms with Gasteiger partial charge in [0.1, 0.15) is 0 Å². The van der Waals surface area contributed by atoms with Crippen molar-refractivity contribution in [3.63, 3.8) is 0 Å². The summed E-state index contributed by atoms with van der Waals surface area (Å²) < 4.78 is 0. The molecule has 0 aliphatic carbocycles. The van der Waals surface area contributed by atoms with E-state index in [0.29, 0.717) is 5.56 Å². The highest BCUT2D eigenvalue weighted by Crippen LogP contribution is 2.18. The number of carbonyl (C=O) groups is 1. The van der Waals surface area contributed by atoms with E-state index in [1.807, 2.05) is 6.07 Å². The first-order valence-electron chi connectivity index (χ1n) is 5.63. The summed E-state index contributed by atoms with van der Waals surface area (Å²) in [6.07, 6.45) is 2.59. The van der Waals surface area contributed by atoms with Gasteiger partial charge < -0.3 is 5.32 Å². The fourth-order valence-corrected chi connectivity index (χ4v) is 1.32. The van der Waals surface area contributed by atoms with E-state index < -0.39 is 4.92 Å². The summed E-state index contributed by atoms with van der Waals surface area (Å²) in [5.74, 6) is -0.663. The number of nitrogens with zero attached hydrogens (tertiary/aromatic N) is 2. The molecule has 0 aromatic heterocycles. The summed E-state index contributed by atoms with van der Waals surface area (Å²) in [4.78, 5) is 21.7. The molecule has 1 N–H and O–H groups in total. The van der Waals surface area contributed by atoms with Crippen LogP contribution in [0.5, 0.6) is 0 Å². The molecule has 0 saturated carbocycles. The van der Waals surface area contributed by atoms with Crippen molar-refractivity contribution in [1.29, 1.82) is 5.26 Å². The Labute approximate surface area is 110 Å². The molecule has 1 rings (SSSR count). The van der Waals surface area contributed by atoms with E-state index in [-0.39, 0.29) is 24.1 Å². The lowest BCUT2D eigenvalue weighted by Gasteiger charge is -2.02. The highest BCUT2D eigenvalue weighted by Gasteiger charge is 2.09. The highest BCUT2D eigenvalue weighted by atomic mass is 16.6. The van der Waals surface area contributed by atoms with Gasteiger partial charge in [-0.1, -0.05) is 12.1 Å². The standard InChI is InChI=1S/C13H13N3O3/c1-10(8-14)9-15-13(17)7-6-11-4-2-3-5-12(11)16(18)19/h2-7,10H,9H2,1H3,(H,15,17)/b7-6+/t10-/m0/s1. The smallest absolute Gasteiger partial charge is 0.276 e. The highest BCUT2D eigenvalue weighted by molar-refractivity contribution is 5.92. The molecule has 0 aliphatic heterocycles. The maximum atomic E-state index is 11.4. The average molecular weight is 259 g/mol. The Bertz CT molecular complexity index is 546. The Kier molecular flexibility index (Phi) is 5.23. The van der Waals surface area contributed by atoms with Crippen LogP contribution in [0.25, 0.3) is 6.08 Å². The molecule has 6 heteroatoms. The Hall–Kier alpha value is -2.68. The van der Waals surface area contributed by atoms with Crippen LogP contribution in [0.4, 0.5) is 5.69 Å². The summed E-state index contributed by atoms with van der Waals surface area (Å²) in [5, 5.41) is 21.8. The van der Waals surface area contributed by atoms with Crippen LogP contribution in [-0.2, 0) is 4.79 Å². The van der Waals surface area contributed by atoms with E-state index in [9.17, 15) is 14.9 Å². The van der Waals surface area contributed by atoms with E-state index >= 15 is 0 Å². The summed E-state index contributed by atoms with van der Waals surface area (Å²) in [7, 11) is 0. The molecule has 1 aromatic rings. The van der Waals surface area contributed by atoms with Crippen molar-refractivity contribution in [1.82, 2.24) is 5.32 Å². The van der Waals surface area contributed by atoms with E-state index in [4.69, 9.17) is 5.26 Å². The van der Waals surface area contributed by atoms with Crippen LogP contribution in [0, 0.1) is 27.4 Å². The molecule has 0 heterocycles. The number of nitrogens with one attached hydrogen (secondary N) is 1. The van der Waals surface area contributed by atoms with Gasteiger partial charge >= 0.3 is 0 Å². The number of hydrogen-bond acceptors (Lipinski definition) is 4. The predicted octanol–water partition coefficient (Wildman–Crippen LogP) is 1.88. The largest absolute Gasteiger partial charge is 0.351 e. The fourth-order valence-electron chi connectivity index (χ4n) is 1.32. The monoisotopic (exact) mass is 259 g/mol. The summed E-state index contributed by atoms with van der Waals surface area (Å²) in [6, 6.07) is 8.13. The molecule has 0 aliphatic rings. The Morgan fingerprint density at radius 3 is 2.89 bits per heavy atom. The first kappa shape index (κ1) is 14.4. The zero-order chi connectivity index (χ0) is 14.3. The minimum absolute atomic E-state index is 0.0584. The van der Waals surface area contributed by atoms with E-state index in [1.165, 1.54) is 18.2 Å². The summed E-state index contributed by atoms with van der Waals surface area (Å²) >= 11 is 0. The third-order valence-electron chi connectivity index (χ3n) is 2.35. The van der Waals surface area contributed by atoms with Crippen molar-refractivity contribution in [2.45, 2.75) is 6.92 Å². The molecule has 0 bridgehead atoms. The van der Waals surface area contributed by atoms with Crippen LogP contribution in [0.15, 0.2) is 30.3 Å². The second-order valence-corrected chi connectivity index (χ2v) is 3.92. The molecule has 98 valence electrons. The molecular weight excluding hydrogens is 246 g/mol. The number of carbonyl (C=O) groups excluding carboxylic acids is 1. The van der Waals surface area contributed by atoms with Gasteiger partial charge in [0.15, 0.2) is 0 Å². The third kappa shape index (κ3) is 4.60. The van der Waals surface area contributed by atoms with Crippen molar-refractivity contribution in [2.24, 2.45) is 5.92 Å². The quantitative estimate of drug-likeness (QED) is 0.496. The lowest BCUT2D eigenvalue weighted by atomic mass is 10.1. The maximum Gasteiger partial charge on any atom is 0.276 e. The summed E-state index contributed by atoms with van der Waals surface area (Å²) in [5.41, 5.74) is 0.299. The molecule has 0 radical (unpaired) electrons. The lowest BCUT2D eigenvalue weighted by molar-refractivity contribution is -0.385. The minimum atomic E-state index is -0.505. The van der Waals surface area contributed by atoms with E-state index in [1.54, 1.807) is 25.1 Å². The van der Waals surface area contributed by atoms with Gasteiger partial charge in [-0.25, -0.2) is 0 Å². The van der Waals surface area contributed by atoms with Crippen molar-refractivity contribution >= 4 is 17.7 Å². The number of para-hydroxylation sites is 1. The van der Waals surface area contributed by atoms with Gasteiger partial charge in [-0.2, -0.15) is 5.26 Å². The van der Waals surface area contributed by atoms with Crippen LogP contribution >= 0.6 is 0 Å². The molecular formula is C13H13N3O3. The average Bonchev–Trinajstić information content (AvgIpc) is 2.42. The van der Waals surface area contributed by atoms with Crippen LogP contribution < -0.4 is 5.32 Å². The molecule has 1 aromatic carbocycles. The van der Waals surface area contributed by atoms with Crippen molar-refractivity contribution in [3.05, 3.63) is 46.0 Å². The molecule has 19 heavy (non-hydrogen) atoms. The minimum Gasteiger partial charge on any atom is -0.351 e. The normalized spacial score (nSPS) is 11.8. The number of nitriles is 1. The number of benzene rings is 1. The SMILES string of the molecule is C[C@@H](C#N)CNC(=O)/C=C/c1ccccc1[N+](=O)[O-]. The van der Waals surface area contributed by atoms with Crippen LogP contribution in [0.1, 0.15) is 12.5 Å². The topological polar surface area (TPSA) is 96.0 Å². The number of nitro groups is 1. The Morgan fingerprint density at radius 2 is 2.26 bits per heavy atom. The first-order valence-corrected chi connectivity index (χ1v) is 5.63. The molecule has 1 atom stereocenters. The Morgan fingerprint density at radius 1 is 1.58 bits per heavy atom. The van der Waals surface area contributed by atoms with E-state index in [2.05, 4.69) is 5.32 Å². The zero-order valence-electron chi connectivity index (χ0n) is 10.4. The number of amides is 1. The fraction of sp³-hybridized carbons (Fsp3) is 0.231. The second kappa shape index (κ2) is 6.91. The number of nitro benzene ring substituents is 1. The van der Waals surface area contributed by atoms with Crippen LogP contribution in [-0.4, -0.2) is 17.4 Å². The van der Waals surface area contributed by atoms with Crippen LogP contribution in [0.3, 0.4) is 0 Å². The third-order valence-corrected chi connectivity index (χ3v) is 2.35. The second-order valence-electron chi connectivity index (χ2n) is 3.92. The predicted molar refractivity (Wildman–Crippen MR) is 69.9 cm³/mol. The van der Waals surface area contributed by atoms with Gasteiger partial charge in [-0.05, 0) is 19.1 Å². The molecule has 1 amide bonds. The Balaban J connectivity index is 2.69. The first-order chi connectivity index (χ1) is 9.04. The molecule has 6 nitrogen and oxygen atoms in total. The molecule has 0 unspecified atom stereocenters. The number of hydrogen-bond donors (Lipinski definition) is 1. The van der Waals surface area contributed by atoms with Crippen molar-refractivity contribution in [2.75, 3.05) is 6.54 Å². The van der Waals surface area contributed by atoms with Gasteiger partial charge in [-0.3, -0.25) is 14.9 Å². The van der Waals surface area contributed by atoms with Gasteiger partial charge in [0.05, 0.1) is 22.5 Å². The van der Waals surface area contributed by atoms with Gasteiger partial charge in [0.2, 0.25) is 5.91 Å². The van der Waals surface area contributed by atoms with Gasteiger partial charge in [0, 0.05) is 18.7 Å². The zero-order valence-corrected chi connectivity index (χ0v) is 10.4.